The predicted octanol–water partition coefficient (Wildman–Crippen LogP) is 1.72. The molecule has 0 fully saturated rings. The molecule has 0 aliphatic heterocycles. The highest BCUT2D eigenvalue weighted by Gasteiger charge is 2.26. The van der Waals surface area contributed by atoms with Crippen molar-refractivity contribution in [1.29, 1.82) is 0 Å². The van der Waals surface area contributed by atoms with E-state index in [1.54, 1.807) is 0 Å². The Morgan fingerprint density at radius 2 is 2.00 bits per heavy atom. The second kappa shape index (κ2) is 4.36. The molecule has 0 saturated heterocycles. The summed E-state index contributed by atoms with van der Waals surface area (Å²) in [6.45, 7) is 0. The first-order valence-corrected chi connectivity index (χ1v) is 4.91. The lowest BCUT2D eigenvalue weighted by molar-refractivity contribution is -0.386. The molecule has 7 heteroatoms. The van der Waals surface area contributed by atoms with E-state index in [4.69, 9.17) is 13.9 Å². The molecule has 2 rings (SSSR count). The first-order valence-electron chi connectivity index (χ1n) is 4.91. The van der Waals surface area contributed by atoms with E-state index in [0.717, 1.165) is 0 Å². The number of nitro groups is 1. The van der Waals surface area contributed by atoms with E-state index in [9.17, 15) is 14.9 Å². The summed E-state index contributed by atoms with van der Waals surface area (Å²) in [7, 11) is 2.57. The van der Waals surface area contributed by atoms with Crippen LogP contribution in [0.3, 0.4) is 0 Å². The van der Waals surface area contributed by atoms with E-state index >= 15 is 0 Å². The van der Waals surface area contributed by atoms with Gasteiger partial charge in [0.1, 0.15) is 0 Å². The summed E-state index contributed by atoms with van der Waals surface area (Å²) >= 11 is 0. The smallest absolute Gasteiger partial charge is 0.356 e. The first kappa shape index (κ1) is 11.9. The summed E-state index contributed by atoms with van der Waals surface area (Å²) in [6.07, 6.45) is 0. The molecule has 0 aliphatic carbocycles. The normalized spacial score (nSPS) is 10.3. The number of nitrogens with zero attached hydrogens (tertiary/aromatic N) is 1. The number of benzene rings is 1. The average Bonchev–Trinajstić information content (AvgIpc) is 2.36. The van der Waals surface area contributed by atoms with Crippen LogP contribution in [0.2, 0.25) is 0 Å². The van der Waals surface area contributed by atoms with Crippen LogP contribution in [-0.2, 0) is 0 Å². The standard InChI is InChI=1S/C11H9NO6/c1-16-7-5-6-3-4-8(13)18-10(6)11(17-2)9(7)12(14)15/h3-5H,1-2H3. The molecule has 0 spiro atoms. The zero-order valence-corrected chi connectivity index (χ0v) is 9.63. The highest BCUT2D eigenvalue weighted by atomic mass is 16.6. The van der Waals surface area contributed by atoms with Crippen molar-refractivity contribution in [2.45, 2.75) is 0 Å². The summed E-state index contributed by atoms with van der Waals surface area (Å²) < 4.78 is 14.8. The lowest BCUT2D eigenvalue weighted by Gasteiger charge is -2.08. The third kappa shape index (κ3) is 1.75. The molecule has 0 saturated carbocycles. The lowest BCUT2D eigenvalue weighted by Crippen LogP contribution is -2.01. The minimum atomic E-state index is -0.649. The maximum atomic E-state index is 11.2. The third-order valence-corrected chi connectivity index (χ3v) is 2.41. The topological polar surface area (TPSA) is 91.8 Å². The van der Waals surface area contributed by atoms with Gasteiger partial charge in [-0.05, 0) is 12.1 Å². The number of methoxy groups -OCH3 is 2. The van der Waals surface area contributed by atoms with Gasteiger partial charge in [-0.2, -0.15) is 0 Å². The SMILES string of the molecule is COc1cc2ccc(=O)oc2c(OC)c1[N+](=O)[O-]. The Hall–Kier alpha value is -2.57. The van der Waals surface area contributed by atoms with Gasteiger partial charge >= 0.3 is 11.3 Å². The molecule has 1 heterocycles. The van der Waals surface area contributed by atoms with Crippen LogP contribution in [0.5, 0.6) is 11.5 Å². The zero-order chi connectivity index (χ0) is 13.3. The summed E-state index contributed by atoms with van der Waals surface area (Å²) in [5.41, 5.74) is -0.959. The largest absolute Gasteiger partial charge is 0.490 e. The Bertz CT molecular complexity index is 675. The van der Waals surface area contributed by atoms with Crippen molar-refractivity contribution < 1.29 is 18.8 Å². The van der Waals surface area contributed by atoms with Gasteiger partial charge in [0.25, 0.3) is 0 Å². The van der Waals surface area contributed by atoms with Crippen LogP contribution in [0, 0.1) is 10.1 Å². The molecule has 94 valence electrons. The van der Waals surface area contributed by atoms with Gasteiger partial charge in [-0.25, -0.2) is 4.79 Å². The van der Waals surface area contributed by atoms with Crippen molar-refractivity contribution in [2.75, 3.05) is 14.2 Å². The van der Waals surface area contributed by atoms with E-state index in [2.05, 4.69) is 0 Å². The highest BCUT2D eigenvalue weighted by molar-refractivity contribution is 5.89. The summed E-state index contributed by atoms with van der Waals surface area (Å²) in [6, 6.07) is 4.11. The molecule has 18 heavy (non-hydrogen) atoms. The van der Waals surface area contributed by atoms with Gasteiger partial charge in [0, 0.05) is 11.5 Å². The number of ether oxygens (including phenoxy) is 2. The van der Waals surface area contributed by atoms with Crippen LogP contribution < -0.4 is 15.1 Å². The van der Waals surface area contributed by atoms with Crippen LogP contribution in [0.15, 0.2) is 27.4 Å². The molecule has 0 N–H and O–H groups in total. The fourth-order valence-electron chi connectivity index (χ4n) is 1.67. The molecule has 1 aromatic heterocycles. The minimum Gasteiger partial charge on any atom is -0.490 e. The number of nitro benzene ring substituents is 1. The van der Waals surface area contributed by atoms with Gasteiger partial charge in [-0.3, -0.25) is 10.1 Å². The van der Waals surface area contributed by atoms with E-state index in [-0.39, 0.29) is 22.8 Å². The van der Waals surface area contributed by atoms with E-state index in [0.29, 0.717) is 5.39 Å². The van der Waals surface area contributed by atoms with E-state index < -0.39 is 10.5 Å². The van der Waals surface area contributed by atoms with Crippen molar-refractivity contribution in [3.63, 3.8) is 0 Å². The van der Waals surface area contributed by atoms with E-state index in [1.165, 1.54) is 32.4 Å². The Morgan fingerprint density at radius 3 is 2.56 bits per heavy atom. The Kier molecular flexibility index (Phi) is 2.88. The molecule has 0 amide bonds. The Balaban J connectivity index is 2.96. The number of hydrogen-bond donors (Lipinski definition) is 0. The fraction of sp³-hybridized carbons (Fsp3) is 0.182. The van der Waals surface area contributed by atoms with Gasteiger partial charge in [-0.15, -0.1) is 0 Å². The lowest BCUT2D eigenvalue weighted by atomic mass is 10.2. The summed E-state index contributed by atoms with van der Waals surface area (Å²) in [5.74, 6) is -0.0924. The Labute approximate surface area is 101 Å². The first-order chi connectivity index (χ1) is 8.58. The molecular weight excluding hydrogens is 242 g/mol. The van der Waals surface area contributed by atoms with Gasteiger partial charge in [-0.1, -0.05) is 0 Å². The zero-order valence-electron chi connectivity index (χ0n) is 9.63. The van der Waals surface area contributed by atoms with Crippen LogP contribution in [0.1, 0.15) is 0 Å². The van der Waals surface area contributed by atoms with E-state index in [1.807, 2.05) is 0 Å². The van der Waals surface area contributed by atoms with Crippen LogP contribution >= 0.6 is 0 Å². The van der Waals surface area contributed by atoms with Gasteiger partial charge in [0.15, 0.2) is 5.58 Å². The van der Waals surface area contributed by atoms with Gasteiger partial charge < -0.3 is 13.9 Å². The average molecular weight is 251 g/mol. The summed E-state index contributed by atoms with van der Waals surface area (Å²) in [5, 5.41) is 11.5. The molecular formula is C11H9NO6. The monoisotopic (exact) mass is 251 g/mol. The molecule has 0 aliphatic rings. The van der Waals surface area contributed by atoms with Gasteiger partial charge in [0.2, 0.25) is 11.5 Å². The highest BCUT2D eigenvalue weighted by Crippen LogP contribution is 2.42. The van der Waals surface area contributed by atoms with Crippen LogP contribution in [0.25, 0.3) is 11.0 Å². The minimum absolute atomic E-state index is 0.0255. The molecule has 0 unspecified atom stereocenters. The fourth-order valence-corrected chi connectivity index (χ4v) is 1.67. The second-order valence-corrected chi connectivity index (χ2v) is 3.39. The maximum Gasteiger partial charge on any atom is 0.356 e. The predicted molar refractivity (Wildman–Crippen MR) is 62.2 cm³/mol. The van der Waals surface area contributed by atoms with Gasteiger partial charge in [0.05, 0.1) is 19.1 Å². The van der Waals surface area contributed by atoms with Crippen LogP contribution in [0.4, 0.5) is 5.69 Å². The molecule has 2 aromatic rings. The van der Waals surface area contributed by atoms with Crippen molar-refractivity contribution >= 4 is 16.7 Å². The Morgan fingerprint density at radius 1 is 1.28 bits per heavy atom. The third-order valence-electron chi connectivity index (χ3n) is 2.41. The quantitative estimate of drug-likeness (QED) is 0.468. The van der Waals surface area contributed by atoms with Crippen molar-refractivity contribution in [3.8, 4) is 11.5 Å². The van der Waals surface area contributed by atoms with Crippen molar-refractivity contribution in [1.82, 2.24) is 0 Å². The van der Waals surface area contributed by atoms with Crippen LogP contribution in [-0.4, -0.2) is 19.1 Å². The summed E-state index contributed by atoms with van der Waals surface area (Å²) in [4.78, 5) is 21.5. The van der Waals surface area contributed by atoms with Crippen molar-refractivity contribution in [2.24, 2.45) is 0 Å². The molecule has 0 atom stereocenters. The second-order valence-electron chi connectivity index (χ2n) is 3.39. The molecule has 0 radical (unpaired) electrons. The number of fused-ring (bicyclic) bond motifs is 1. The van der Waals surface area contributed by atoms with Crippen molar-refractivity contribution in [3.05, 3.63) is 38.7 Å². The molecule has 0 bridgehead atoms. The maximum absolute atomic E-state index is 11.2. The molecule has 7 nitrogen and oxygen atoms in total. The number of hydrogen-bond acceptors (Lipinski definition) is 6. The molecule has 1 aromatic carbocycles. The number of rotatable bonds is 3.